The number of sulfone groups is 1. The first-order valence-electron chi connectivity index (χ1n) is 4.89. The lowest BCUT2D eigenvalue weighted by Gasteiger charge is -2.24. The fraction of sp³-hybridized carbons (Fsp3) is 1.00. The van der Waals surface area contributed by atoms with Crippen LogP contribution in [0.15, 0.2) is 0 Å². The van der Waals surface area contributed by atoms with Crippen LogP contribution in [0, 0.1) is 5.92 Å². The highest BCUT2D eigenvalue weighted by Gasteiger charge is 2.52. The van der Waals surface area contributed by atoms with E-state index in [9.17, 15) is 8.42 Å². The first-order chi connectivity index (χ1) is 6.49. The number of rotatable bonds is 3. The predicted molar refractivity (Wildman–Crippen MR) is 65.0 cm³/mol. The van der Waals surface area contributed by atoms with Crippen molar-refractivity contribution in [2.24, 2.45) is 5.92 Å². The molecule has 2 aliphatic rings. The SMILES string of the molecule is CSC1(C(Br)C2CCS(=O)(=O)C2)CC1. The molecular formula is C9H15BrO2S2. The van der Waals surface area contributed by atoms with Gasteiger partial charge < -0.3 is 0 Å². The second kappa shape index (κ2) is 3.67. The zero-order chi connectivity index (χ0) is 10.4. The van der Waals surface area contributed by atoms with Crippen molar-refractivity contribution in [1.82, 2.24) is 0 Å². The van der Waals surface area contributed by atoms with Crippen molar-refractivity contribution >= 4 is 37.5 Å². The Morgan fingerprint density at radius 2 is 2.14 bits per heavy atom. The molecule has 1 saturated carbocycles. The Bertz CT molecular complexity index is 322. The minimum atomic E-state index is -2.72. The van der Waals surface area contributed by atoms with E-state index in [4.69, 9.17) is 0 Å². The molecule has 2 fully saturated rings. The Morgan fingerprint density at radius 3 is 2.50 bits per heavy atom. The van der Waals surface area contributed by atoms with Crippen molar-refractivity contribution in [3.8, 4) is 0 Å². The van der Waals surface area contributed by atoms with Crippen LogP contribution in [-0.4, -0.2) is 35.8 Å². The predicted octanol–water partition coefficient (Wildman–Crippen LogP) is 2.08. The Kier molecular flexibility index (Phi) is 2.95. The Morgan fingerprint density at radius 1 is 1.50 bits per heavy atom. The van der Waals surface area contributed by atoms with Gasteiger partial charge in [-0.25, -0.2) is 8.42 Å². The van der Waals surface area contributed by atoms with Crippen molar-refractivity contribution in [1.29, 1.82) is 0 Å². The largest absolute Gasteiger partial charge is 0.229 e. The lowest BCUT2D eigenvalue weighted by atomic mass is 10.0. The second-order valence-corrected chi connectivity index (χ2v) is 8.77. The van der Waals surface area contributed by atoms with Crippen molar-refractivity contribution in [2.45, 2.75) is 28.8 Å². The number of alkyl halides is 1. The molecule has 1 saturated heterocycles. The summed E-state index contributed by atoms with van der Waals surface area (Å²) in [4.78, 5) is 0.391. The van der Waals surface area contributed by atoms with E-state index in [0.717, 1.165) is 6.42 Å². The molecule has 0 radical (unpaired) electrons. The maximum Gasteiger partial charge on any atom is 0.150 e. The van der Waals surface area contributed by atoms with Crippen LogP contribution in [0.5, 0.6) is 0 Å². The molecule has 14 heavy (non-hydrogen) atoms. The van der Waals surface area contributed by atoms with Crippen LogP contribution in [-0.2, 0) is 9.84 Å². The van der Waals surface area contributed by atoms with Gasteiger partial charge in [-0.2, -0.15) is 11.8 Å². The Labute approximate surface area is 98.3 Å². The molecule has 82 valence electrons. The van der Waals surface area contributed by atoms with Gasteiger partial charge in [-0.15, -0.1) is 0 Å². The average molecular weight is 299 g/mol. The van der Waals surface area contributed by atoms with Gasteiger partial charge in [0, 0.05) is 9.57 Å². The van der Waals surface area contributed by atoms with Gasteiger partial charge in [-0.05, 0) is 31.4 Å². The summed E-state index contributed by atoms with van der Waals surface area (Å²) < 4.78 is 23.1. The zero-order valence-corrected chi connectivity index (χ0v) is 11.4. The quantitative estimate of drug-likeness (QED) is 0.748. The van der Waals surface area contributed by atoms with E-state index < -0.39 is 9.84 Å². The van der Waals surface area contributed by atoms with E-state index in [-0.39, 0.29) is 0 Å². The van der Waals surface area contributed by atoms with E-state index in [1.807, 2.05) is 11.8 Å². The van der Waals surface area contributed by atoms with Gasteiger partial charge in [0.05, 0.1) is 11.5 Å². The summed E-state index contributed by atoms with van der Waals surface area (Å²) in [6.45, 7) is 0. The van der Waals surface area contributed by atoms with Crippen molar-refractivity contribution in [3.63, 3.8) is 0 Å². The Hall–Kier alpha value is 0.780. The van der Waals surface area contributed by atoms with Crippen LogP contribution in [0.25, 0.3) is 0 Å². The molecule has 1 aliphatic carbocycles. The normalized spacial score (nSPS) is 35.4. The van der Waals surface area contributed by atoms with E-state index in [1.54, 1.807) is 0 Å². The van der Waals surface area contributed by atoms with Gasteiger partial charge in [0.1, 0.15) is 0 Å². The van der Waals surface area contributed by atoms with Crippen molar-refractivity contribution < 1.29 is 8.42 Å². The molecule has 0 aromatic rings. The molecule has 1 heterocycles. The van der Waals surface area contributed by atoms with Gasteiger partial charge in [0.15, 0.2) is 9.84 Å². The molecule has 0 bridgehead atoms. The molecule has 1 aliphatic heterocycles. The third-order valence-corrected chi connectivity index (χ3v) is 8.53. The topological polar surface area (TPSA) is 34.1 Å². The zero-order valence-electron chi connectivity index (χ0n) is 8.20. The molecule has 0 amide bonds. The van der Waals surface area contributed by atoms with Crippen LogP contribution in [0.2, 0.25) is 0 Å². The van der Waals surface area contributed by atoms with Crippen LogP contribution in [0.4, 0.5) is 0 Å². The van der Waals surface area contributed by atoms with E-state index in [0.29, 0.717) is 27.0 Å². The average Bonchev–Trinajstić information content (AvgIpc) is 2.85. The Balaban J connectivity index is 2.04. The minimum absolute atomic E-state index is 0.343. The fourth-order valence-electron chi connectivity index (χ4n) is 2.20. The highest BCUT2D eigenvalue weighted by atomic mass is 79.9. The smallest absolute Gasteiger partial charge is 0.150 e. The van der Waals surface area contributed by atoms with Gasteiger partial charge in [0.2, 0.25) is 0 Å². The summed E-state index contributed by atoms with van der Waals surface area (Å²) in [6.07, 6.45) is 5.45. The molecule has 0 aromatic heterocycles. The lowest BCUT2D eigenvalue weighted by molar-refractivity contribution is 0.547. The third-order valence-electron chi connectivity index (χ3n) is 3.33. The molecule has 2 atom stereocenters. The van der Waals surface area contributed by atoms with E-state index >= 15 is 0 Å². The summed E-state index contributed by atoms with van der Waals surface area (Å²) >= 11 is 5.61. The molecule has 2 rings (SSSR count). The number of hydrogen-bond acceptors (Lipinski definition) is 3. The molecule has 0 aromatic carbocycles. The molecule has 2 nitrogen and oxygen atoms in total. The third kappa shape index (κ3) is 2.00. The summed E-state index contributed by atoms with van der Waals surface area (Å²) in [7, 11) is -2.72. The lowest BCUT2D eigenvalue weighted by Crippen LogP contribution is -2.28. The number of hydrogen-bond donors (Lipinski definition) is 0. The minimum Gasteiger partial charge on any atom is -0.229 e. The van der Waals surface area contributed by atoms with Crippen LogP contribution in [0.1, 0.15) is 19.3 Å². The maximum absolute atomic E-state index is 11.4. The van der Waals surface area contributed by atoms with Crippen LogP contribution in [0.3, 0.4) is 0 Å². The first kappa shape index (κ1) is 11.3. The van der Waals surface area contributed by atoms with Gasteiger partial charge >= 0.3 is 0 Å². The summed E-state index contributed by atoms with van der Waals surface area (Å²) in [5, 5.41) is 0. The highest BCUT2D eigenvalue weighted by molar-refractivity contribution is 9.09. The van der Waals surface area contributed by atoms with Crippen molar-refractivity contribution in [3.05, 3.63) is 0 Å². The first-order valence-corrected chi connectivity index (χ1v) is 8.85. The van der Waals surface area contributed by atoms with Crippen LogP contribution < -0.4 is 0 Å². The van der Waals surface area contributed by atoms with Crippen molar-refractivity contribution in [2.75, 3.05) is 17.8 Å². The molecule has 2 unspecified atom stereocenters. The fourth-order valence-corrected chi connectivity index (χ4v) is 6.68. The number of thioether (sulfide) groups is 1. The molecule has 0 N–H and O–H groups in total. The standard InChI is InChI=1S/C9H15BrO2S2/c1-13-9(3-4-9)8(10)7-2-5-14(11,12)6-7/h7-8H,2-6H2,1H3. The summed E-state index contributed by atoms with van der Waals surface area (Å²) in [5.41, 5.74) is 0. The second-order valence-electron chi connectivity index (χ2n) is 4.33. The molecule has 0 spiro atoms. The summed E-state index contributed by atoms with van der Waals surface area (Å²) in [6, 6.07) is 0. The van der Waals surface area contributed by atoms with Gasteiger partial charge in [-0.3, -0.25) is 0 Å². The van der Waals surface area contributed by atoms with E-state index in [2.05, 4.69) is 22.2 Å². The molecular weight excluding hydrogens is 284 g/mol. The van der Waals surface area contributed by atoms with Crippen LogP contribution >= 0.6 is 27.7 Å². The van der Waals surface area contributed by atoms with E-state index in [1.165, 1.54) is 12.8 Å². The summed E-state index contributed by atoms with van der Waals surface area (Å²) in [5.74, 6) is 1.13. The monoisotopic (exact) mass is 298 g/mol. The number of halogens is 1. The van der Waals surface area contributed by atoms with Gasteiger partial charge in [0.25, 0.3) is 0 Å². The molecule has 5 heteroatoms. The highest BCUT2D eigenvalue weighted by Crippen LogP contribution is 2.55. The van der Waals surface area contributed by atoms with Gasteiger partial charge in [-0.1, -0.05) is 15.9 Å². The maximum atomic E-state index is 11.4.